The van der Waals surface area contributed by atoms with Crippen LogP contribution in [0.1, 0.15) is 27.9 Å². The number of ether oxygens (including phenoxy) is 2. The van der Waals surface area contributed by atoms with Gasteiger partial charge in [0.1, 0.15) is 13.2 Å². The Balaban J connectivity index is 1.69. The summed E-state index contributed by atoms with van der Waals surface area (Å²) in [5, 5.41) is 0.712. The molecule has 1 aliphatic rings. The molecule has 0 spiro atoms. The highest BCUT2D eigenvalue weighted by molar-refractivity contribution is 7.22. The Labute approximate surface area is 181 Å². The fourth-order valence-electron chi connectivity index (χ4n) is 3.47. The van der Waals surface area contributed by atoms with Crippen LogP contribution >= 0.6 is 11.3 Å². The molecule has 0 radical (unpaired) electrons. The van der Waals surface area contributed by atoms with Gasteiger partial charge in [0.2, 0.25) is 0 Å². The SMILES string of the molecule is Cc1ccc(C(=O)N(CCC[NH+](C)C)c2nc3cc4c(cc3s2)OCCO4)cc1C. The van der Waals surface area contributed by atoms with Crippen molar-refractivity contribution in [1.82, 2.24) is 4.98 Å². The average molecular weight is 427 g/mol. The fourth-order valence-corrected chi connectivity index (χ4v) is 4.47. The van der Waals surface area contributed by atoms with Gasteiger partial charge in [0.25, 0.3) is 5.91 Å². The van der Waals surface area contributed by atoms with Crippen LogP contribution in [0.5, 0.6) is 11.5 Å². The molecule has 3 aromatic rings. The Kier molecular flexibility index (Phi) is 5.92. The Morgan fingerprint density at radius 2 is 1.83 bits per heavy atom. The van der Waals surface area contributed by atoms with Crippen molar-refractivity contribution in [2.75, 3.05) is 45.3 Å². The van der Waals surface area contributed by atoms with Crippen LogP contribution in [-0.2, 0) is 0 Å². The predicted molar refractivity (Wildman–Crippen MR) is 120 cm³/mol. The van der Waals surface area contributed by atoms with E-state index < -0.39 is 0 Å². The summed E-state index contributed by atoms with van der Waals surface area (Å²) in [5.41, 5.74) is 3.82. The van der Waals surface area contributed by atoms with Gasteiger partial charge in [-0.2, -0.15) is 0 Å². The minimum atomic E-state index is -0.0109. The quantitative estimate of drug-likeness (QED) is 0.659. The number of carbonyl (C=O) groups excluding carboxylic acids is 1. The Morgan fingerprint density at radius 1 is 1.10 bits per heavy atom. The lowest BCUT2D eigenvalue weighted by Crippen LogP contribution is -3.05. The summed E-state index contributed by atoms with van der Waals surface area (Å²) in [6, 6.07) is 9.75. The maximum atomic E-state index is 13.5. The molecule has 0 unspecified atom stereocenters. The molecule has 0 atom stereocenters. The molecule has 0 aliphatic carbocycles. The van der Waals surface area contributed by atoms with Crippen LogP contribution in [0, 0.1) is 13.8 Å². The number of fused-ring (bicyclic) bond motifs is 2. The van der Waals surface area contributed by atoms with E-state index >= 15 is 0 Å². The van der Waals surface area contributed by atoms with E-state index in [1.807, 2.05) is 42.2 Å². The number of benzene rings is 2. The third-order valence-electron chi connectivity index (χ3n) is 5.33. The number of hydrogen-bond acceptors (Lipinski definition) is 5. The summed E-state index contributed by atoms with van der Waals surface area (Å²) in [6.45, 7) is 6.80. The first kappa shape index (κ1) is 20.6. The summed E-state index contributed by atoms with van der Waals surface area (Å²) >= 11 is 1.52. The summed E-state index contributed by atoms with van der Waals surface area (Å²) in [4.78, 5) is 21.4. The Bertz CT molecular complexity index is 1030. The number of nitrogens with zero attached hydrogens (tertiary/aromatic N) is 2. The maximum absolute atomic E-state index is 13.5. The first-order valence-corrected chi connectivity index (χ1v) is 11.1. The van der Waals surface area contributed by atoms with Crippen molar-refractivity contribution >= 4 is 32.6 Å². The largest absolute Gasteiger partial charge is 0.486 e. The van der Waals surface area contributed by atoms with Crippen molar-refractivity contribution in [2.24, 2.45) is 0 Å². The molecule has 0 saturated heterocycles. The molecule has 7 heteroatoms. The summed E-state index contributed by atoms with van der Waals surface area (Å²) in [5.74, 6) is 1.45. The number of hydrogen-bond donors (Lipinski definition) is 1. The van der Waals surface area contributed by atoms with Gasteiger partial charge < -0.3 is 14.4 Å². The molecule has 0 saturated carbocycles. The van der Waals surface area contributed by atoms with Crippen molar-refractivity contribution in [3.8, 4) is 11.5 Å². The van der Waals surface area contributed by atoms with Gasteiger partial charge in [0, 0.05) is 30.7 Å². The number of aryl methyl sites for hydroxylation is 2. The molecule has 2 aromatic carbocycles. The summed E-state index contributed by atoms with van der Waals surface area (Å²) < 4.78 is 12.4. The average Bonchev–Trinajstić information content (AvgIpc) is 3.13. The van der Waals surface area contributed by atoms with Crippen LogP contribution in [0.2, 0.25) is 0 Å². The molecule has 1 N–H and O–H groups in total. The first-order chi connectivity index (χ1) is 14.4. The van der Waals surface area contributed by atoms with E-state index in [-0.39, 0.29) is 5.91 Å². The predicted octanol–water partition coefficient (Wildman–Crippen LogP) is 2.87. The van der Waals surface area contributed by atoms with Crippen molar-refractivity contribution < 1.29 is 19.2 Å². The molecule has 158 valence electrons. The second-order valence-electron chi connectivity index (χ2n) is 8.03. The van der Waals surface area contributed by atoms with Crippen molar-refractivity contribution in [1.29, 1.82) is 0 Å². The molecular formula is C23H28N3O3S+. The van der Waals surface area contributed by atoms with Gasteiger partial charge in [-0.15, -0.1) is 0 Å². The maximum Gasteiger partial charge on any atom is 0.260 e. The molecule has 4 rings (SSSR count). The minimum absolute atomic E-state index is 0.0109. The highest BCUT2D eigenvalue weighted by Crippen LogP contribution is 2.39. The molecule has 1 aliphatic heterocycles. The lowest BCUT2D eigenvalue weighted by atomic mass is 10.1. The second-order valence-corrected chi connectivity index (χ2v) is 9.04. The van der Waals surface area contributed by atoms with Gasteiger partial charge in [0.05, 0.1) is 30.9 Å². The van der Waals surface area contributed by atoms with Crippen LogP contribution in [0.3, 0.4) is 0 Å². The molecule has 6 nitrogen and oxygen atoms in total. The van der Waals surface area contributed by atoms with E-state index in [1.54, 1.807) is 0 Å². The van der Waals surface area contributed by atoms with E-state index in [1.165, 1.54) is 21.8 Å². The molecule has 30 heavy (non-hydrogen) atoms. The lowest BCUT2D eigenvalue weighted by molar-refractivity contribution is -0.858. The Hall–Kier alpha value is -2.64. The standard InChI is InChI=1S/C23H27N3O3S/c1-15-6-7-17(12-16(15)2)22(27)26(9-5-8-25(3)4)23-24-18-13-19-20(14-21(18)30-23)29-11-10-28-19/h6-7,12-14H,5,8-11H2,1-4H3/p+1. The molecule has 2 heterocycles. The zero-order valence-corrected chi connectivity index (χ0v) is 18.8. The highest BCUT2D eigenvalue weighted by atomic mass is 32.1. The van der Waals surface area contributed by atoms with Crippen LogP contribution in [0.15, 0.2) is 30.3 Å². The Morgan fingerprint density at radius 3 is 2.53 bits per heavy atom. The number of aromatic nitrogens is 1. The van der Waals surface area contributed by atoms with Crippen molar-refractivity contribution in [2.45, 2.75) is 20.3 Å². The second kappa shape index (κ2) is 8.62. The first-order valence-electron chi connectivity index (χ1n) is 10.3. The number of quaternary nitrogens is 1. The number of thiazole rings is 1. The lowest BCUT2D eigenvalue weighted by Gasteiger charge is -2.21. The van der Waals surface area contributed by atoms with Crippen molar-refractivity contribution in [3.05, 3.63) is 47.0 Å². The number of rotatable bonds is 6. The molecule has 1 aromatic heterocycles. The zero-order valence-electron chi connectivity index (χ0n) is 17.9. The third-order valence-corrected chi connectivity index (χ3v) is 6.37. The topological polar surface area (TPSA) is 56.1 Å². The molecule has 0 bridgehead atoms. The van der Waals surface area contributed by atoms with Crippen LogP contribution in [0.4, 0.5) is 5.13 Å². The zero-order chi connectivity index (χ0) is 21.3. The van der Waals surface area contributed by atoms with Gasteiger partial charge in [-0.25, -0.2) is 4.98 Å². The normalized spacial score (nSPS) is 13.1. The smallest absolute Gasteiger partial charge is 0.260 e. The minimum Gasteiger partial charge on any atom is -0.486 e. The van der Waals surface area contributed by atoms with Crippen molar-refractivity contribution in [3.63, 3.8) is 0 Å². The van der Waals surface area contributed by atoms with Crippen LogP contribution < -0.4 is 19.3 Å². The third kappa shape index (κ3) is 4.27. The summed E-state index contributed by atoms with van der Waals surface area (Å²) in [6.07, 6.45) is 0.900. The molecule has 0 fully saturated rings. The monoisotopic (exact) mass is 426 g/mol. The highest BCUT2D eigenvalue weighted by Gasteiger charge is 2.23. The van der Waals surface area contributed by atoms with Crippen LogP contribution in [-0.4, -0.2) is 51.3 Å². The van der Waals surface area contributed by atoms with Gasteiger partial charge in [-0.1, -0.05) is 17.4 Å². The van der Waals surface area contributed by atoms with Gasteiger partial charge in [-0.05, 0) is 37.1 Å². The van der Waals surface area contributed by atoms with E-state index in [0.717, 1.165) is 34.5 Å². The number of anilines is 1. The van der Waals surface area contributed by atoms with Crippen LogP contribution in [0.25, 0.3) is 10.2 Å². The fraction of sp³-hybridized carbons (Fsp3) is 0.391. The van der Waals surface area contributed by atoms with E-state index in [2.05, 4.69) is 21.0 Å². The summed E-state index contributed by atoms with van der Waals surface area (Å²) in [7, 11) is 4.25. The van der Waals surface area contributed by atoms with Gasteiger partial charge >= 0.3 is 0 Å². The van der Waals surface area contributed by atoms with E-state index in [4.69, 9.17) is 14.5 Å². The van der Waals surface area contributed by atoms with Gasteiger partial charge in [-0.3, -0.25) is 9.69 Å². The number of nitrogens with one attached hydrogen (secondary N) is 1. The number of carbonyl (C=O) groups is 1. The molecular weight excluding hydrogens is 398 g/mol. The van der Waals surface area contributed by atoms with E-state index in [9.17, 15) is 4.79 Å². The van der Waals surface area contributed by atoms with E-state index in [0.29, 0.717) is 36.2 Å². The van der Waals surface area contributed by atoms with Gasteiger partial charge in [0.15, 0.2) is 16.6 Å². The molecule has 1 amide bonds. The number of amides is 1.